The number of H-pyrrole nitrogens is 1. The van der Waals surface area contributed by atoms with Crippen molar-refractivity contribution in [3.8, 4) is 11.6 Å². The molecule has 5 aromatic rings. The number of ether oxygens (including phenoxy) is 4. The third-order valence-corrected chi connectivity index (χ3v) is 18.0. The number of amides is 1. The zero-order valence-electron chi connectivity index (χ0n) is 38.0. The number of nitrogens with zero attached hydrogens (tertiary/aromatic N) is 5. The Balaban J connectivity index is 0.954. The zero-order valence-corrected chi connectivity index (χ0v) is 38.8. The third kappa shape index (κ3) is 7.16. The van der Waals surface area contributed by atoms with Gasteiger partial charge in [-0.25, -0.2) is 8.42 Å². The Hall–Kier alpha value is -5.95. The molecule has 17 nitrogen and oxygen atoms in total. The van der Waals surface area contributed by atoms with Crippen LogP contribution in [0.2, 0.25) is 0 Å². The van der Waals surface area contributed by atoms with Crippen molar-refractivity contribution >= 4 is 55.2 Å². The van der Waals surface area contributed by atoms with Gasteiger partial charge in [0.25, 0.3) is 11.6 Å². The van der Waals surface area contributed by atoms with E-state index >= 15 is 8.42 Å². The lowest BCUT2D eigenvalue weighted by Crippen LogP contribution is -2.55. The van der Waals surface area contributed by atoms with Crippen molar-refractivity contribution < 1.29 is 37.1 Å². The van der Waals surface area contributed by atoms with E-state index in [1.165, 1.54) is 23.6 Å². The molecule has 5 fully saturated rings. The first kappa shape index (κ1) is 43.3. The molecule has 0 radical (unpaired) electrons. The summed E-state index contributed by atoms with van der Waals surface area (Å²) in [5, 5.41) is 17.1. The molecule has 4 atom stereocenters. The van der Waals surface area contributed by atoms with Crippen LogP contribution in [-0.2, 0) is 19.3 Å². The second-order valence-corrected chi connectivity index (χ2v) is 21.8. The highest BCUT2D eigenvalue weighted by Gasteiger charge is 2.51. The van der Waals surface area contributed by atoms with Crippen LogP contribution in [0.25, 0.3) is 11.0 Å². The number of anilines is 4. The second-order valence-electron chi connectivity index (χ2n) is 19.9. The number of nitro groups is 1. The fraction of sp³-hybridized carbons (Fsp3) is 0.480. The van der Waals surface area contributed by atoms with Gasteiger partial charge in [-0.3, -0.25) is 19.8 Å². The van der Waals surface area contributed by atoms with Crippen LogP contribution in [0.1, 0.15) is 78.9 Å². The molecule has 1 amide bonds. The zero-order chi connectivity index (χ0) is 46.5. The van der Waals surface area contributed by atoms with Crippen molar-refractivity contribution in [3.05, 3.63) is 93.7 Å². The van der Waals surface area contributed by atoms with Gasteiger partial charge in [-0.15, -0.1) is 0 Å². The van der Waals surface area contributed by atoms with Crippen molar-refractivity contribution in [2.75, 3.05) is 67.8 Å². The molecule has 0 unspecified atom stereocenters. The molecule has 356 valence electrons. The lowest BCUT2D eigenvalue weighted by molar-refractivity contribution is -0.384. The summed E-state index contributed by atoms with van der Waals surface area (Å²) in [6, 6.07) is 18.3. The largest absolute Gasteiger partial charge is 0.489 e. The minimum atomic E-state index is -4.75. The van der Waals surface area contributed by atoms with Crippen LogP contribution in [0.3, 0.4) is 0 Å². The Morgan fingerprint density at radius 3 is 2.54 bits per heavy atom. The lowest BCUT2D eigenvalue weighted by Gasteiger charge is -2.56. The number of aromatic nitrogens is 2. The van der Waals surface area contributed by atoms with E-state index in [-0.39, 0.29) is 75.6 Å². The van der Waals surface area contributed by atoms with Crippen LogP contribution in [0.15, 0.2) is 76.7 Å². The molecule has 4 saturated heterocycles. The van der Waals surface area contributed by atoms with Crippen LogP contribution in [0.5, 0.6) is 11.6 Å². The number of benzene rings is 3. The average Bonchev–Trinajstić information content (AvgIpc) is 4.13. The summed E-state index contributed by atoms with van der Waals surface area (Å²) in [4.78, 5) is 40.3. The number of carbonyl (C=O) groups excluding carboxylic acids is 1. The second kappa shape index (κ2) is 16.6. The minimum Gasteiger partial charge on any atom is -0.489 e. The first-order chi connectivity index (χ1) is 33.0. The van der Waals surface area contributed by atoms with Gasteiger partial charge < -0.3 is 44.8 Å². The van der Waals surface area contributed by atoms with E-state index in [0.717, 1.165) is 62.9 Å². The number of piperidine rings is 1. The Kier molecular flexibility index (Phi) is 10.6. The summed E-state index contributed by atoms with van der Waals surface area (Å²) < 4.78 is 56.3. The standard InChI is InChI=1S/C50H56N8O9S/c1-29-5-2-3-6-34(29)37-7-4-16-56(37)32-24-50(25-32)13-17-55(18-14-50)38-9-8-35(47(51)59)45(57-40-21-31-10-15-52-48(31)54-49(40)67-43-28-65-27-41(43)57)46(38)68(62,63)33-22-39(58(60)61)44-42(23-33)66-26-36(53-44)30-11-19-64-20-12-30/h2-3,5-6,8-10,15,21-23,30,32,36-37,41,43,53H,4,7,11-14,16-20,24-28H2,1H3,(H2,51,59)(H,52,54)/t36-,37+,41-,43-/m1/s1. The van der Waals surface area contributed by atoms with Gasteiger partial charge >= 0.3 is 0 Å². The van der Waals surface area contributed by atoms with Crippen LogP contribution >= 0.6 is 0 Å². The third-order valence-electron chi connectivity index (χ3n) is 16.2. The molecule has 1 spiro atoms. The molecule has 0 bridgehead atoms. The van der Waals surface area contributed by atoms with E-state index in [9.17, 15) is 14.9 Å². The number of carbonyl (C=O) groups is 1. The van der Waals surface area contributed by atoms with Crippen molar-refractivity contribution in [3.63, 3.8) is 0 Å². The maximum absolute atomic E-state index is 16.0. The predicted molar refractivity (Wildman–Crippen MR) is 254 cm³/mol. The van der Waals surface area contributed by atoms with Gasteiger partial charge in [0, 0.05) is 62.1 Å². The molecule has 68 heavy (non-hydrogen) atoms. The number of nitrogens with two attached hydrogens (primary N) is 1. The number of rotatable bonds is 9. The number of nitrogens with one attached hydrogen (secondary N) is 2. The van der Waals surface area contributed by atoms with Crippen LogP contribution in [0, 0.1) is 28.4 Å². The maximum atomic E-state index is 16.0. The Bertz CT molecular complexity index is 2940. The van der Waals surface area contributed by atoms with Crippen molar-refractivity contribution in [2.24, 2.45) is 17.1 Å². The van der Waals surface area contributed by atoms with Crippen molar-refractivity contribution in [2.45, 2.75) is 98.4 Å². The highest BCUT2D eigenvalue weighted by molar-refractivity contribution is 7.91. The van der Waals surface area contributed by atoms with Gasteiger partial charge in [0.1, 0.15) is 28.9 Å². The highest BCUT2D eigenvalue weighted by Crippen LogP contribution is 2.56. The van der Waals surface area contributed by atoms with Crippen LogP contribution in [0.4, 0.5) is 28.4 Å². The minimum absolute atomic E-state index is 0.0335. The van der Waals surface area contributed by atoms with Gasteiger partial charge in [-0.2, -0.15) is 4.98 Å². The summed E-state index contributed by atoms with van der Waals surface area (Å²) in [5.41, 5.74) is 10.2. The summed E-state index contributed by atoms with van der Waals surface area (Å²) in [5.74, 6) is -0.374. The van der Waals surface area contributed by atoms with Gasteiger partial charge in [0.2, 0.25) is 15.7 Å². The first-order valence-corrected chi connectivity index (χ1v) is 25.5. The van der Waals surface area contributed by atoms with Gasteiger partial charge in [-0.1, -0.05) is 24.3 Å². The fourth-order valence-corrected chi connectivity index (χ4v) is 14.3. The summed E-state index contributed by atoms with van der Waals surface area (Å²) >= 11 is 0. The summed E-state index contributed by atoms with van der Waals surface area (Å²) in [6.07, 6.45) is 8.93. The number of pyridine rings is 1. The van der Waals surface area contributed by atoms with E-state index < -0.39 is 38.5 Å². The fourth-order valence-electron chi connectivity index (χ4n) is 12.6. The van der Waals surface area contributed by atoms with Crippen molar-refractivity contribution in [1.29, 1.82) is 0 Å². The SMILES string of the molecule is Cc1ccccc1[C@@H]1CCCN1C1CC2(CCN(c3ccc(C(N)=O)c(N4c5cc6cc[nH]c6nc5O[C@@H]5COC[C@H]54)c3S(=O)(=O)c3cc4c(c([N+](=O)[O-])c3)N[C@@H](C3CCOCC3)CO4)CC2)C1. The molecule has 8 heterocycles. The normalized spacial score (nSPS) is 25.0. The molecule has 4 N–H and O–H groups in total. The molecule has 1 aliphatic carbocycles. The van der Waals surface area contributed by atoms with E-state index in [1.807, 2.05) is 12.1 Å². The van der Waals surface area contributed by atoms with Crippen LogP contribution < -0.4 is 30.3 Å². The van der Waals surface area contributed by atoms with Gasteiger partial charge in [0.15, 0.2) is 11.4 Å². The molecule has 1 saturated carbocycles. The quantitative estimate of drug-likeness (QED) is 0.0988. The molecule has 2 aromatic heterocycles. The molecule has 12 rings (SSSR count). The molecule has 6 aliphatic heterocycles. The summed E-state index contributed by atoms with van der Waals surface area (Å²) in [6.45, 7) is 6.15. The number of nitro benzene ring substituents is 1. The number of primary amides is 1. The predicted octanol–water partition coefficient (Wildman–Crippen LogP) is 7.19. The molecule has 3 aromatic carbocycles. The van der Waals surface area contributed by atoms with Crippen molar-refractivity contribution in [1.82, 2.24) is 14.9 Å². The molecule has 18 heteroatoms. The summed E-state index contributed by atoms with van der Waals surface area (Å²) in [7, 11) is -4.75. The van der Waals surface area contributed by atoms with E-state index in [4.69, 9.17) is 29.7 Å². The van der Waals surface area contributed by atoms with E-state index in [0.29, 0.717) is 55.4 Å². The smallest absolute Gasteiger partial charge is 0.297 e. The van der Waals surface area contributed by atoms with E-state index in [2.05, 4.69) is 51.3 Å². The number of hydrogen-bond donors (Lipinski definition) is 3. The topological polar surface area (TPSA) is 208 Å². The average molecular weight is 945 g/mol. The Labute approximate surface area is 394 Å². The number of hydrogen-bond acceptors (Lipinski definition) is 14. The number of sulfone groups is 1. The maximum Gasteiger partial charge on any atom is 0.297 e. The number of likely N-dealkylation sites (tertiary alicyclic amines) is 1. The first-order valence-electron chi connectivity index (χ1n) is 24.1. The van der Waals surface area contributed by atoms with E-state index in [1.54, 1.807) is 23.2 Å². The van der Waals surface area contributed by atoms with Gasteiger partial charge in [0.05, 0.1) is 52.1 Å². The molecular weight excluding hydrogens is 889 g/mol. The number of fused-ring (bicyclic) bond motifs is 4. The monoisotopic (exact) mass is 944 g/mol. The molecular formula is C50H56N8O9S. The highest BCUT2D eigenvalue weighted by atomic mass is 32.2. The number of aromatic amines is 1. The number of aryl methyl sites for hydroxylation is 1. The Morgan fingerprint density at radius 2 is 1.76 bits per heavy atom. The lowest BCUT2D eigenvalue weighted by atomic mass is 9.59. The van der Waals surface area contributed by atoms with Gasteiger partial charge in [-0.05, 0) is 112 Å². The van der Waals surface area contributed by atoms with Crippen LogP contribution in [-0.4, -0.2) is 111 Å². The molecule has 7 aliphatic rings. The Morgan fingerprint density at radius 1 is 0.956 bits per heavy atom.